The summed E-state index contributed by atoms with van der Waals surface area (Å²) in [6.07, 6.45) is 5.41. The summed E-state index contributed by atoms with van der Waals surface area (Å²) in [5.41, 5.74) is 3.61. The summed E-state index contributed by atoms with van der Waals surface area (Å²) in [4.78, 5) is 12.0. The monoisotopic (exact) mass is 368 g/mol. The number of rotatable bonds is 5. The van der Waals surface area contributed by atoms with Crippen molar-refractivity contribution in [2.45, 2.75) is 38.3 Å². The van der Waals surface area contributed by atoms with Gasteiger partial charge in [0.25, 0.3) is 0 Å². The van der Waals surface area contributed by atoms with Gasteiger partial charge in [0.1, 0.15) is 5.82 Å². The molecule has 0 saturated carbocycles. The van der Waals surface area contributed by atoms with Gasteiger partial charge in [-0.05, 0) is 25.5 Å². The molecule has 1 saturated heterocycles. The highest BCUT2D eigenvalue weighted by Crippen LogP contribution is 2.32. The Labute approximate surface area is 160 Å². The highest BCUT2D eigenvalue weighted by Gasteiger charge is 2.23. The Morgan fingerprint density at radius 2 is 2.19 bits per heavy atom. The number of hydrogen-bond donors (Lipinski definition) is 1. The number of nitrogens with zero attached hydrogens (tertiary/aromatic N) is 3. The second kappa shape index (κ2) is 8.23. The van der Waals surface area contributed by atoms with Crippen LogP contribution in [0.25, 0.3) is 0 Å². The summed E-state index contributed by atoms with van der Waals surface area (Å²) in [7, 11) is 3.37. The van der Waals surface area contributed by atoms with Gasteiger partial charge in [-0.3, -0.25) is 4.90 Å². The summed E-state index contributed by atoms with van der Waals surface area (Å²) in [5.74, 6) is 3.08. The third-order valence-corrected chi connectivity index (χ3v) is 5.57. The van der Waals surface area contributed by atoms with Crippen LogP contribution in [-0.2, 0) is 19.5 Å². The van der Waals surface area contributed by atoms with Gasteiger partial charge in [0.05, 0.1) is 14.2 Å². The van der Waals surface area contributed by atoms with Crippen molar-refractivity contribution in [3.63, 3.8) is 0 Å². The highest BCUT2D eigenvalue weighted by molar-refractivity contribution is 5.46. The van der Waals surface area contributed by atoms with Crippen LogP contribution in [0, 0.1) is 0 Å². The first kappa shape index (κ1) is 18.2. The summed E-state index contributed by atoms with van der Waals surface area (Å²) in [6, 6.07) is 6.05. The van der Waals surface area contributed by atoms with E-state index < -0.39 is 0 Å². The molecule has 0 unspecified atom stereocenters. The van der Waals surface area contributed by atoms with Crippen LogP contribution in [0.3, 0.4) is 0 Å². The number of aromatic nitrogens is 2. The molecule has 4 rings (SSSR count). The topological polar surface area (TPSA) is 59.5 Å². The Hall–Kier alpha value is -2.18. The van der Waals surface area contributed by atoms with Crippen LogP contribution in [0.5, 0.6) is 11.5 Å². The highest BCUT2D eigenvalue weighted by atomic mass is 16.5. The van der Waals surface area contributed by atoms with Gasteiger partial charge in [-0.2, -0.15) is 0 Å². The van der Waals surface area contributed by atoms with Crippen molar-refractivity contribution in [3.05, 3.63) is 47.0 Å². The van der Waals surface area contributed by atoms with Gasteiger partial charge in [0.15, 0.2) is 11.5 Å². The average molecular weight is 368 g/mol. The molecule has 144 valence electrons. The van der Waals surface area contributed by atoms with Crippen LogP contribution in [0.2, 0.25) is 0 Å². The van der Waals surface area contributed by atoms with E-state index >= 15 is 0 Å². The van der Waals surface area contributed by atoms with E-state index in [9.17, 15) is 0 Å². The Bertz CT molecular complexity index is 790. The summed E-state index contributed by atoms with van der Waals surface area (Å²) in [5, 5.41) is 3.46. The van der Waals surface area contributed by atoms with E-state index in [0.29, 0.717) is 5.92 Å². The number of benzene rings is 1. The lowest BCUT2D eigenvalue weighted by molar-refractivity contribution is 0.237. The number of piperidine rings is 1. The summed E-state index contributed by atoms with van der Waals surface area (Å²) >= 11 is 0. The molecular formula is C21H28N4O2. The fraction of sp³-hybridized carbons (Fsp3) is 0.524. The molecule has 0 amide bonds. The summed E-state index contributed by atoms with van der Waals surface area (Å²) < 4.78 is 11.0. The zero-order chi connectivity index (χ0) is 18.6. The lowest BCUT2D eigenvalue weighted by atomic mass is 9.98. The maximum Gasteiger partial charge on any atom is 0.165 e. The summed E-state index contributed by atoms with van der Waals surface area (Å²) in [6.45, 7) is 4.81. The molecule has 1 N–H and O–H groups in total. The van der Waals surface area contributed by atoms with Crippen molar-refractivity contribution >= 4 is 0 Å². The Kier molecular flexibility index (Phi) is 5.55. The number of nitrogens with one attached hydrogen (secondary N) is 1. The molecule has 0 spiro atoms. The Balaban J connectivity index is 1.47. The minimum Gasteiger partial charge on any atom is -0.493 e. The average Bonchev–Trinajstić information content (AvgIpc) is 2.73. The van der Waals surface area contributed by atoms with Crippen molar-refractivity contribution in [2.24, 2.45) is 0 Å². The number of fused-ring (bicyclic) bond motifs is 1. The molecule has 2 aliphatic heterocycles. The van der Waals surface area contributed by atoms with Crippen molar-refractivity contribution in [1.29, 1.82) is 0 Å². The van der Waals surface area contributed by atoms with E-state index in [4.69, 9.17) is 19.4 Å². The van der Waals surface area contributed by atoms with E-state index in [0.717, 1.165) is 62.0 Å². The molecule has 6 nitrogen and oxygen atoms in total. The third-order valence-electron chi connectivity index (χ3n) is 5.57. The van der Waals surface area contributed by atoms with Crippen LogP contribution in [0.15, 0.2) is 24.4 Å². The zero-order valence-electron chi connectivity index (χ0n) is 16.2. The van der Waals surface area contributed by atoms with E-state index in [1.165, 1.54) is 24.1 Å². The molecule has 0 radical (unpaired) electrons. The number of ether oxygens (including phenoxy) is 2. The van der Waals surface area contributed by atoms with Gasteiger partial charge < -0.3 is 14.8 Å². The Morgan fingerprint density at radius 1 is 1.26 bits per heavy atom. The number of methoxy groups -OCH3 is 2. The SMILES string of the molecule is COc1cccc(CN2CCc3nc([C@H]4CCCNC4)ncc3C2)c1OC. The van der Waals surface area contributed by atoms with Crippen LogP contribution < -0.4 is 14.8 Å². The van der Waals surface area contributed by atoms with Crippen LogP contribution in [-0.4, -0.2) is 48.7 Å². The van der Waals surface area contributed by atoms with Crippen LogP contribution in [0.4, 0.5) is 0 Å². The van der Waals surface area contributed by atoms with E-state index in [1.54, 1.807) is 14.2 Å². The fourth-order valence-electron chi connectivity index (χ4n) is 4.11. The molecule has 2 aliphatic rings. The Morgan fingerprint density at radius 3 is 2.96 bits per heavy atom. The van der Waals surface area contributed by atoms with Gasteiger partial charge in [0.2, 0.25) is 0 Å². The second-order valence-electron chi connectivity index (χ2n) is 7.36. The first-order valence-electron chi connectivity index (χ1n) is 9.76. The van der Waals surface area contributed by atoms with Crippen molar-refractivity contribution < 1.29 is 9.47 Å². The molecule has 2 aromatic rings. The predicted octanol–water partition coefficient (Wildman–Crippen LogP) is 2.52. The lowest BCUT2D eigenvalue weighted by Crippen LogP contribution is -2.33. The maximum atomic E-state index is 5.58. The molecular weight excluding hydrogens is 340 g/mol. The molecule has 27 heavy (non-hydrogen) atoms. The van der Waals surface area contributed by atoms with Gasteiger partial charge in [-0.15, -0.1) is 0 Å². The smallest absolute Gasteiger partial charge is 0.165 e. The van der Waals surface area contributed by atoms with E-state index in [-0.39, 0.29) is 0 Å². The predicted molar refractivity (Wildman–Crippen MR) is 104 cm³/mol. The largest absolute Gasteiger partial charge is 0.493 e. The second-order valence-corrected chi connectivity index (χ2v) is 7.36. The molecule has 0 bridgehead atoms. The van der Waals surface area contributed by atoms with Gasteiger partial charge in [-0.1, -0.05) is 12.1 Å². The first-order valence-corrected chi connectivity index (χ1v) is 9.76. The van der Waals surface area contributed by atoms with Crippen LogP contribution >= 0.6 is 0 Å². The minimum atomic E-state index is 0.461. The van der Waals surface area contributed by atoms with Crippen LogP contribution in [0.1, 0.15) is 41.4 Å². The van der Waals surface area contributed by atoms with Crippen molar-refractivity contribution in [1.82, 2.24) is 20.2 Å². The third kappa shape index (κ3) is 3.92. The standard InChI is InChI=1S/C21H28N4O2/c1-26-19-7-3-5-16(20(19)27-2)13-25-10-8-18-17(14-25)12-23-21(24-18)15-6-4-9-22-11-15/h3,5,7,12,15,22H,4,6,8-11,13-14H2,1-2H3/t15-/m0/s1. The van der Waals surface area contributed by atoms with Gasteiger partial charge in [0, 0.05) is 61.5 Å². The number of para-hydroxylation sites is 1. The molecule has 1 atom stereocenters. The molecule has 6 heteroatoms. The molecule has 1 aromatic carbocycles. The van der Waals surface area contributed by atoms with Gasteiger partial charge in [-0.25, -0.2) is 9.97 Å². The molecule has 3 heterocycles. The normalized spacial score (nSPS) is 20.1. The first-order chi connectivity index (χ1) is 13.3. The number of hydrogen-bond acceptors (Lipinski definition) is 6. The van der Waals surface area contributed by atoms with Gasteiger partial charge >= 0.3 is 0 Å². The zero-order valence-corrected chi connectivity index (χ0v) is 16.2. The van der Waals surface area contributed by atoms with E-state index in [2.05, 4.69) is 16.3 Å². The molecule has 0 aliphatic carbocycles. The lowest BCUT2D eigenvalue weighted by Gasteiger charge is -2.29. The van der Waals surface area contributed by atoms with Crippen molar-refractivity contribution in [2.75, 3.05) is 33.9 Å². The maximum absolute atomic E-state index is 5.58. The molecule has 1 fully saturated rings. The fourth-order valence-corrected chi connectivity index (χ4v) is 4.11. The minimum absolute atomic E-state index is 0.461. The molecule has 1 aromatic heterocycles. The quantitative estimate of drug-likeness (QED) is 0.875. The van der Waals surface area contributed by atoms with E-state index in [1.807, 2.05) is 18.3 Å². The van der Waals surface area contributed by atoms with Crippen molar-refractivity contribution in [3.8, 4) is 11.5 Å².